The number of amides is 1. The van der Waals surface area contributed by atoms with Gasteiger partial charge in [-0.05, 0) is 57.2 Å². The maximum Gasteiger partial charge on any atom is 0.271 e. The fourth-order valence-electron chi connectivity index (χ4n) is 4.46. The zero-order valence-corrected chi connectivity index (χ0v) is 23.9. The van der Waals surface area contributed by atoms with Gasteiger partial charge < -0.3 is 19.5 Å². The number of aromatic nitrogens is 1. The first-order chi connectivity index (χ1) is 18.1. The summed E-state index contributed by atoms with van der Waals surface area (Å²) >= 11 is 13.4. The molecule has 0 saturated carbocycles. The molecule has 0 unspecified atom stereocenters. The quantitative estimate of drug-likeness (QED) is 0.457. The number of halogens is 2. The Morgan fingerprint density at radius 1 is 1.18 bits per heavy atom. The summed E-state index contributed by atoms with van der Waals surface area (Å²) in [4.78, 5) is 34.5. The molecule has 8 nitrogen and oxygen atoms in total. The third kappa shape index (κ3) is 4.93. The van der Waals surface area contributed by atoms with E-state index in [1.165, 1.54) is 29.9 Å². The normalized spacial score (nSPS) is 15.2. The van der Waals surface area contributed by atoms with Gasteiger partial charge in [-0.25, -0.2) is 4.99 Å². The molecule has 0 spiro atoms. The second-order valence-corrected chi connectivity index (χ2v) is 10.3. The molecule has 1 aliphatic rings. The van der Waals surface area contributed by atoms with Gasteiger partial charge in [-0.3, -0.25) is 14.2 Å². The van der Waals surface area contributed by atoms with Gasteiger partial charge in [-0.2, -0.15) is 0 Å². The Balaban J connectivity index is 2.05. The lowest BCUT2D eigenvalue weighted by atomic mass is 9.93. The molecule has 3 aromatic rings. The highest BCUT2D eigenvalue weighted by Crippen LogP contribution is 2.38. The van der Waals surface area contributed by atoms with Gasteiger partial charge in [-0.15, -0.1) is 0 Å². The SMILES string of the molecule is CCN(CC)C(=O)C1=C(C)N=c2s/c(=C/c3cc(Cl)cc(Cl)c3O)c(=O)n2[C@@H]1c1cc(OC)ccc1OC. The van der Waals surface area contributed by atoms with Crippen LogP contribution in [0.4, 0.5) is 0 Å². The van der Waals surface area contributed by atoms with Crippen LogP contribution in [0.5, 0.6) is 17.2 Å². The number of phenols is 1. The highest BCUT2D eigenvalue weighted by Gasteiger charge is 2.36. The largest absolute Gasteiger partial charge is 0.506 e. The van der Waals surface area contributed by atoms with Crippen LogP contribution in [0, 0.1) is 0 Å². The van der Waals surface area contributed by atoms with Crippen LogP contribution in [-0.2, 0) is 4.79 Å². The minimum Gasteiger partial charge on any atom is -0.506 e. The molecule has 0 aliphatic carbocycles. The van der Waals surface area contributed by atoms with Gasteiger partial charge >= 0.3 is 0 Å². The molecule has 4 rings (SSSR count). The zero-order chi connectivity index (χ0) is 27.7. The van der Waals surface area contributed by atoms with Crippen LogP contribution in [0.15, 0.2) is 51.4 Å². The molecule has 0 fully saturated rings. The fourth-order valence-corrected chi connectivity index (χ4v) is 6.01. The Hall–Kier alpha value is -3.27. The van der Waals surface area contributed by atoms with Crippen LogP contribution >= 0.6 is 34.5 Å². The smallest absolute Gasteiger partial charge is 0.271 e. The Bertz CT molecular complexity index is 1620. The van der Waals surface area contributed by atoms with E-state index in [9.17, 15) is 14.7 Å². The molecule has 1 atom stereocenters. The van der Waals surface area contributed by atoms with E-state index in [-0.39, 0.29) is 21.2 Å². The predicted octanol–water partition coefficient (Wildman–Crippen LogP) is 4.13. The van der Waals surface area contributed by atoms with E-state index in [2.05, 4.69) is 4.99 Å². The van der Waals surface area contributed by atoms with Gasteiger partial charge in [0.25, 0.3) is 11.5 Å². The number of carbonyl (C=O) groups excluding carboxylic acids is 1. The van der Waals surface area contributed by atoms with E-state index in [0.717, 1.165) is 11.3 Å². The van der Waals surface area contributed by atoms with Gasteiger partial charge in [0.15, 0.2) is 4.80 Å². The lowest BCUT2D eigenvalue weighted by Crippen LogP contribution is -2.43. The third-order valence-corrected chi connectivity index (χ3v) is 7.87. The summed E-state index contributed by atoms with van der Waals surface area (Å²) in [5, 5.41) is 10.8. The number of carbonyl (C=O) groups is 1. The number of ether oxygens (including phenoxy) is 2. The molecule has 1 amide bonds. The van der Waals surface area contributed by atoms with Gasteiger partial charge in [0.1, 0.15) is 23.3 Å². The van der Waals surface area contributed by atoms with E-state index in [1.807, 2.05) is 13.8 Å². The number of likely N-dealkylation sites (N-methyl/N-ethyl adjacent to an activating group) is 1. The topological polar surface area (TPSA) is 93.4 Å². The first-order valence-electron chi connectivity index (χ1n) is 11.9. The minimum absolute atomic E-state index is 0.0680. The Morgan fingerprint density at radius 3 is 2.53 bits per heavy atom. The summed E-state index contributed by atoms with van der Waals surface area (Å²) in [7, 11) is 3.08. The first kappa shape index (κ1) is 27.8. The Labute approximate surface area is 233 Å². The van der Waals surface area contributed by atoms with Crippen LogP contribution in [0.1, 0.15) is 37.9 Å². The van der Waals surface area contributed by atoms with Gasteiger partial charge in [0, 0.05) is 29.2 Å². The van der Waals surface area contributed by atoms with Crippen LogP contribution in [0.2, 0.25) is 10.0 Å². The molecular weight excluding hydrogens is 549 g/mol. The summed E-state index contributed by atoms with van der Waals surface area (Å²) in [6.45, 7) is 6.54. The summed E-state index contributed by atoms with van der Waals surface area (Å²) < 4.78 is 12.9. The number of benzene rings is 2. The molecule has 11 heteroatoms. The van der Waals surface area contributed by atoms with Crippen molar-refractivity contribution in [2.45, 2.75) is 26.8 Å². The van der Waals surface area contributed by atoms with Crippen molar-refractivity contribution >= 4 is 46.5 Å². The molecule has 38 heavy (non-hydrogen) atoms. The van der Waals surface area contributed by atoms with Gasteiger partial charge in [0.05, 0.1) is 35.0 Å². The molecule has 2 aromatic carbocycles. The van der Waals surface area contributed by atoms with Crippen molar-refractivity contribution in [3.8, 4) is 17.2 Å². The van der Waals surface area contributed by atoms with Crippen LogP contribution < -0.4 is 24.4 Å². The van der Waals surface area contributed by atoms with E-state index in [0.29, 0.717) is 56.8 Å². The van der Waals surface area contributed by atoms with E-state index < -0.39 is 11.6 Å². The minimum atomic E-state index is -0.830. The van der Waals surface area contributed by atoms with E-state index in [4.69, 9.17) is 32.7 Å². The number of fused-ring (bicyclic) bond motifs is 1. The number of methoxy groups -OCH3 is 2. The van der Waals surface area contributed by atoms with Crippen molar-refractivity contribution in [2.75, 3.05) is 27.3 Å². The van der Waals surface area contributed by atoms with Crippen LogP contribution in [0.3, 0.4) is 0 Å². The second kappa shape index (κ2) is 11.2. The Kier molecular flexibility index (Phi) is 8.20. The summed E-state index contributed by atoms with van der Waals surface area (Å²) in [6.07, 6.45) is 1.52. The number of thiazole rings is 1. The molecular formula is C27H27Cl2N3O5S. The Morgan fingerprint density at radius 2 is 1.89 bits per heavy atom. The lowest BCUT2D eigenvalue weighted by molar-refractivity contribution is -0.127. The van der Waals surface area contributed by atoms with Crippen LogP contribution in [0.25, 0.3) is 6.08 Å². The number of allylic oxidation sites excluding steroid dienone is 1. The fraction of sp³-hybridized carbons (Fsp3) is 0.296. The van der Waals surface area contributed by atoms with Crippen molar-refractivity contribution in [1.82, 2.24) is 9.47 Å². The number of rotatable bonds is 7. The molecule has 2 heterocycles. The van der Waals surface area contributed by atoms with Gasteiger partial charge in [-0.1, -0.05) is 34.5 Å². The molecule has 0 saturated heterocycles. The standard InChI is InChI=1S/C27H27Cl2N3O5S/c1-6-31(7-2)26(35)22-14(3)30-27-32(23(22)18-13-17(36-4)8-9-20(18)37-5)25(34)21(38-27)11-15-10-16(28)12-19(29)24(15)33/h8-13,23,33H,6-7H2,1-5H3/b21-11+/t23-/m1/s1. The molecule has 200 valence electrons. The number of aromatic hydroxyl groups is 1. The zero-order valence-electron chi connectivity index (χ0n) is 21.5. The number of phenolic OH excluding ortho intramolecular Hbond substituents is 1. The van der Waals surface area contributed by atoms with Crippen molar-refractivity contribution in [3.63, 3.8) is 0 Å². The lowest BCUT2D eigenvalue weighted by Gasteiger charge is -2.30. The summed E-state index contributed by atoms with van der Waals surface area (Å²) in [5.74, 6) is 0.621. The summed E-state index contributed by atoms with van der Waals surface area (Å²) in [5.41, 5.74) is 1.35. The highest BCUT2D eigenvalue weighted by atomic mass is 35.5. The van der Waals surface area contributed by atoms with Crippen LogP contribution in [-0.4, -0.2) is 47.8 Å². The first-order valence-corrected chi connectivity index (χ1v) is 13.4. The molecule has 1 aliphatic heterocycles. The maximum absolute atomic E-state index is 13.9. The van der Waals surface area contributed by atoms with E-state index in [1.54, 1.807) is 37.1 Å². The summed E-state index contributed by atoms with van der Waals surface area (Å²) in [6, 6.07) is 7.36. The molecule has 1 N–H and O–H groups in total. The van der Waals surface area contributed by atoms with Crippen molar-refractivity contribution in [2.24, 2.45) is 4.99 Å². The van der Waals surface area contributed by atoms with Crippen molar-refractivity contribution in [1.29, 1.82) is 0 Å². The monoisotopic (exact) mass is 575 g/mol. The maximum atomic E-state index is 13.9. The molecule has 0 bridgehead atoms. The highest BCUT2D eigenvalue weighted by molar-refractivity contribution is 7.07. The molecule has 0 radical (unpaired) electrons. The average molecular weight is 577 g/mol. The second-order valence-electron chi connectivity index (χ2n) is 8.49. The predicted molar refractivity (Wildman–Crippen MR) is 149 cm³/mol. The molecule has 1 aromatic heterocycles. The number of hydrogen-bond donors (Lipinski definition) is 1. The number of nitrogens with zero attached hydrogens (tertiary/aromatic N) is 3. The van der Waals surface area contributed by atoms with Gasteiger partial charge in [0.2, 0.25) is 0 Å². The third-order valence-electron chi connectivity index (χ3n) is 6.38. The average Bonchev–Trinajstić information content (AvgIpc) is 3.20. The number of hydrogen-bond acceptors (Lipinski definition) is 7. The van der Waals surface area contributed by atoms with E-state index >= 15 is 0 Å². The van der Waals surface area contributed by atoms with Crippen molar-refractivity contribution in [3.05, 3.63) is 82.5 Å². The van der Waals surface area contributed by atoms with Crippen molar-refractivity contribution < 1.29 is 19.4 Å².